The molecule has 0 fully saturated rings. The zero-order valence-corrected chi connectivity index (χ0v) is 12.7. The number of alkyl halides is 3. The highest BCUT2D eigenvalue weighted by Gasteiger charge is 2.33. The summed E-state index contributed by atoms with van der Waals surface area (Å²) in [6.45, 7) is 10.2. The lowest BCUT2D eigenvalue weighted by Gasteiger charge is -2.34. The van der Waals surface area contributed by atoms with Crippen molar-refractivity contribution >= 4 is 11.4 Å². The molecule has 1 rings (SSSR count). The van der Waals surface area contributed by atoms with Crippen LogP contribution in [0.1, 0.15) is 46.6 Å². The topological polar surface area (TPSA) is 38.0 Å². The zero-order chi connectivity index (χ0) is 15.8. The SMILES string of the molecule is CC(C)(C)CC(C)(C)Nc1ccc(N)c(C(F)(F)F)c1. The number of hydrogen-bond donors (Lipinski definition) is 2. The standard InChI is InChI=1S/C15H23F3N2/c1-13(2,3)9-14(4,5)20-10-6-7-12(19)11(8-10)15(16,17)18/h6-8,20H,9,19H2,1-5H3. The summed E-state index contributed by atoms with van der Waals surface area (Å²) < 4.78 is 38.5. The molecule has 0 bridgehead atoms. The first-order valence-corrected chi connectivity index (χ1v) is 6.55. The summed E-state index contributed by atoms with van der Waals surface area (Å²) in [7, 11) is 0. The number of rotatable bonds is 3. The highest BCUT2D eigenvalue weighted by atomic mass is 19.4. The fraction of sp³-hybridized carbons (Fsp3) is 0.600. The molecular weight excluding hydrogens is 265 g/mol. The fourth-order valence-electron chi connectivity index (χ4n) is 2.64. The first-order chi connectivity index (χ1) is 8.80. The van der Waals surface area contributed by atoms with E-state index in [0.29, 0.717) is 5.69 Å². The van der Waals surface area contributed by atoms with Gasteiger partial charge in [-0.05, 0) is 43.9 Å². The number of nitrogens with one attached hydrogen (secondary N) is 1. The summed E-state index contributed by atoms with van der Waals surface area (Å²) in [5.74, 6) is 0. The van der Waals surface area contributed by atoms with Gasteiger partial charge in [0.05, 0.1) is 5.56 Å². The predicted octanol–water partition coefficient (Wildman–Crippen LogP) is 4.91. The van der Waals surface area contributed by atoms with Gasteiger partial charge in [-0.1, -0.05) is 20.8 Å². The van der Waals surface area contributed by atoms with Gasteiger partial charge in [0.25, 0.3) is 0 Å². The largest absolute Gasteiger partial charge is 0.418 e. The fourth-order valence-corrected chi connectivity index (χ4v) is 2.64. The van der Waals surface area contributed by atoms with Crippen molar-refractivity contribution in [1.29, 1.82) is 0 Å². The molecular formula is C15H23F3N2. The quantitative estimate of drug-likeness (QED) is 0.775. The Bertz CT molecular complexity index is 471. The van der Waals surface area contributed by atoms with Crippen LogP contribution >= 0.6 is 0 Å². The van der Waals surface area contributed by atoms with Crippen molar-refractivity contribution in [2.45, 2.75) is 52.8 Å². The second-order valence-electron chi connectivity index (χ2n) is 7.05. The van der Waals surface area contributed by atoms with Crippen molar-refractivity contribution in [3.8, 4) is 0 Å². The number of hydrogen-bond acceptors (Lipinski definition) is 2. The molecule has 0 heterocycles. The molecule has 0 aliphatic heterocycles. The Morgan fingerprint density at radius 1 is 1.05 bits per heavy atom. The van der Waals surface area contributed by atoms with Gasteiger partial charge in [-0.15, -0.1) is 0 Å². The number of nitrogens with two attached hydrogens (primary N) is 1. The first kappa shape index (κ1) is 16.7. The second kappa shape index (κ2) is 5.19. The van der Waals surface area contributed by atoms with Crippen LogP contribution in [0.15, 0.2) is 18.2 Å². The number of benzene rings is 1. The number of halogens is 3. The van der Waals surface area contributed by atoms with E-state index >= 15 is 0 Å². The lowest BCUT2D eigenvalue weighted by Crippen LogP contribution is -2.35. The second-order valence-corrected chi connectivity index (χ2v) is 7.05. The Labute approximate surface area is 118 Å². The average molecular weight is 288 g/mol. The van der Waals surface area contributed by atoms with Gasteiger partial charge in [-0.25, -0.2) is 0 Å². The molecule has 1 aromatic carbocycles. The molecule has 20 heavy (non-hydrogen) atoms. The van der Waals surface area contributed by atoms with Crippen LogP contribution in [-0.2, 0) is 6.18 Å². The lowest BCUT2D eigenvalue weighted by molar-refractivity contribution is -0.136. The minimum Gasteiger partial charge on any atom is -0.398 e. The van der Waals surface area contributed by atoms with Gasteiger partial charge in [-0.2, -0.15) is 13.2 Å². The summed E-state index contributed by atoms with van der Waals surface area (Å²) in [5.41, 5.74) is 4.55. The van der Waals surface area contributed by atoms with E-state index in [4.69, 9.17) is 5.73 Å². The van der Waals surface area contributed by atoms with Crippen LogP contribution in [0.3, 0.4) is 0 Å². The third-order valence-electron chi connectivity index (χ3n) is 2.81. The highest BCUT2D eigenvalue weighted by Crippen LogP contribution is 2.36. The molecule has 114 valence electrons. The third-order valence-corrected chi connectivity index (χ3v) is 2.81. The maximum atomic E-state index is 12.8. The average Bonchev–Trinajstić information content (AvgIpc) is 2.14. The Hall–Kier alpha value is -1.39. The summed E-state index contributed by atoms with van der Waals surface area (Å²) in [5, 5.41) is 3.16. The van der Waals surface area contributed by atoms with Crippen molar-refractivity contribution < 1.29 is 13.2 Å². The molecule has 0 atom stereocenters. The van der Waals surface area contributed by atoms with Crippen molar-refractivity contribution in [3.63, 3.8) is 0 Å². The van der Waals surface area contributed by atoms with Crippen molar-refractivity contribution in [2.24, 2.45) is 5.41 Å². The predicted molar refractivity (Wildman–Crippen MR) is 77.6 cm³/mol. The zero-order valence-electron chi connectivity index (χ0n) is 12.7. The molecule has 0 radical (unpaired) electrons. The summed E-state index contributed by atoms with van der Waals surface area (Å²) >= 11 is 0. The van der Waals surface area contributed by atoms with Gasteiger partial charge in [0, 0.05) is 16.9 Å². The van der Waals surface area contributed by atoms with E-state index < -0.39 is 11.7 Å². The summed E-state index contributed by atoms with van der Waals surface area (Å²) in [6.07, 6.45) is -3.61. The van der Waals surface area contributed by atoms with Gasteiger partial charge in [0.2, 0.25) is 0 Å². The monoisotopic (exact) mass is 288 g/mol. The van der Waals surface area contributed by atoms with E-state index in [-0.39, 0.29) is 16.6 Å². The minimum absolute atomic E-state index is 0.0805. The highest BCUT2D eigenvalue weighted by molar-refractivity contribution is 5.59. The van der Waals surface area contributed by atoms with E-state index in [9.17, 15) is 13.2 Å². The van der Waals surface area contributed by atoms with Gasteiger partial charge < -0.3 is 11.1 Å². The molecule has 1 aromatic rings. The molecule has 0 aliphatic carbocycles. The van der Waals surface area contributed by atoms with E-state index in [1.165, 1.54) is 6.07 Å². The van der Waals surface area contributed by atoms with Gasteiger partial charge in [0.1, 0.15) is 0 Å². The van der Waals surface area contributed by atoms with Crippen molar-refractivity contribution in [3.05, 3.63) is 23.8 Å². The van der Waals surface area contributed by atoms with Crippen LogP contribution in [0.4, 0.5) is 24.5 Å². The molecule has 0 unspecified atom stereocenters. The smallest absolute Gasteiger partial charge is 0.398 e. The summed E-state index contributed by atoms with van der Waals surface area (Å²) in [4.78, 5) is 0. The Kier molecular flexibility index (Phi) is 4.32. The molecule has 5 heteroatoms. The Balaban J connectivity index is 2.99. The Morgan fingerprint density at radius 3 is 2.05 bits per heavy atom. The molecule has 0 aliphatic rings. The maximum absolute atomic E-state index is 12.8. The van der Waals surface area contributed by atoms with Crippen LogP contribution in [0.5, 0.6) is 0 Å². The molecule has 0 spiro atoms. The van der Waals surface area contributed by atoms with Gasteiger partial charge in [0.15, 0.2) is 0 Å². The summed E-state index contributed by atoms with van der Waals surface area (Å²) in [6, 6.07) is 3.94. The Morgan fingerprint density at radius 2 is 1.60 bits per heavy atom. The maximum Gasteiger partial charge on any atom is 0.418 e. The van der Waals surface area contributed by atoms with E-state index in [0.717, 1.165) is 12.5 Å². The molecule has 0 saturated carbocycles. The van der Waals surface area contributed by atoms with Crippen molar-refractivity contribution in [2.75, 3.05) is 11.1 Å². The van der Waals surface area contributed by atoms with Crippen LogP contribution < -0.4 is 11.1 Å². The van der Waals surface area contributed by atoms with Gasteiger partial charge >= 0.3 is 6.18 Å². The minimum atomic E-state index is -4.43. The van der Waals surface area contributed by atoms with E-state index in [2.05, 4.69) is 26.1 Å². The normalized spacial score (nSPS) is 13.4. The number of anilines is 2. The molecule has 0 saturated heterocycles. The lowest BCUT2D eigenvalue weighted by atomic mass is 9.81. The van der Waals surface area contributed by atoms with E-state index in [1.807, 2.05) is 13.8 Å². The third kappa shape index (κ3) is 4.94. The molecule has 0 amide bonds. The van der Waals surface area contributed by atoms with Crippen LogP contribution in [0.25, 0.3) is 0 Å². The molecule has 3 N–H and O–H groups in total. The molecule has 0 aromatic heterocycles. The number of nitrogen functional groups attached to an aromatic ring is 1. The van der Waals surface area contributed by atoms with Crippen LogP contribution in [0.2, 0.25) is 0 Å². The first-order valence-electron chi connectivity index (χ1n) is 6.55. The van der Waals surface area contributed by atoms with Crippen LogP contribution in [0, 0.1) is 5.41 Å². The molecule has 2 nitrogen and oxygen atoms in total. The van der Waals surface area contributed by atoms with Crippen LogP contribution in [-0.4, -0.2) is 5.54 Å². The van der Waals surface area contributed by atoms with E-state index in [1.54, 1.807) is 6.07 Å². The van der Waals surface area contributed by atoms with Crippen molar-refractivity contribution in [1.82, 2.24) is 0 Å². The van der Waals surface area contributed by atoms with Gasteiger partial charge in [-0.3, -0.25) is 0 Å².